The number of piperidine rings is 1. The Kier molecular flexibility index (Phi) is 6.88. The third-order valence-electron chi connectivity index (χ3n) is 5.95. The number of ether oxygens (including phenoxy) is 1. The number of urea groups is 1. The number of nitrogens with zero attached hydrogens (tertiary/aromatic N) is 2. The number of carbonyl (C=O) groups excluding carboxylic acids is 1. The molecule has 3 aromatic rings. The summed E-state index contributed by atoms with van der Waals surface area (Å²) in [4.78, 5) is 23.3. The van der Waals surface area contributed by atoms with Crippen LogP contribution in [0.3, 0.4) is 0 Å². The number of aromatic amines is 1. The van der Waals surface area contributed by atoms with Gasteiger partial charge in [-0.3, -0.25) is 5.32 Å². The zero-order chi connectivity index (χ0) is 23.4. The summed E-state index contributed by atoms with van der Waals surface area (Å²) < 4.78 is 5.59. The van der Waals surface area contributed by atoms with E-state index >= 15 is 0 Å². The summed E-state index contributed by atoms with van der Waals surface area (Å²) in [5.74, 6) is 1.65. The summed E-state index contributed by atoms with van der Waals surface area (Å²) in [6.45, 7) is 12.7. The number of nitrogens with one attached hydrogen (secondary N) is 3. The first-order valence-electron chi connectivity index (χ1n) is 11.8. The molecule has 0 spiro atoms. The Labute approximate surface area is 195 Å². The van der Waals surface area contributed by atoms with Crippen LogP contribution in [0.15, 0.2) is 42.6 Å². The van der Waals surface area contributed by atoms with Crippen molar-refractivity contribution in [1.29, 1.82) is 0 Å². The number of likely N-dealkylation sites (tertiary alicyclic amines) is 1. The van der Waals surface area contributed by atoms with Crippen molar-refractivity contribution in [2.45, 2.75) is 46.5 Å². The Morgan fingerprint density at radius 3 is 2.64 bits per heavy atom. The van der Waals surface area contributed by atoms with Crippen LogP contribution in [-0.4, -0.2) is 47.1 Å². The summed E-state index contributed by atoms with van der Waals surface area (Å²) >= 11 is 0. The van der Waals surface area contributed by atoms with Crippen LogP contribution in [0.5, 0.6) is 5.75 Å². The summed E-state index contributed by atoms with van der Waals surface area (Å²) in [6, 6.07) is 10.8. The molecule has 0 saturated carbocycles. The van der Waals surface area contributed by atoms with Gasteiger partial charge in [-0.15, -0.1) is 0 Å². The van der Waals surface area contributed by atoms with Gasteiger partial charge in [-0.2, -0.15) is 0 Å². The minimum absolute atomic E-state index is 0.319. The molecule has 176 valence electrons. The van der Waals surface area contributed by atoms with E-state index in [0.717, 1.165) is 43.5 Å². The van der Waals surface area contributed by atoms with Gasteiger partial charge in [0.1, 0.15) is 11.6 Å². The second kappa shape index (κ2) is 9.83. The third kappa shape index (κ3) is 5.85. The normalized spacial score (nSPS) is 15.5. The number of H-pyrrole nitrogens is 1. The fraction of sp³-hybridized carbons (Fsp3) is 0.462. The molecule has 7 heteroatoms. The molecular weight excluding hydrogens is 414 g/mol. The van der Waals surface area contributed by atoms with Crippen LogP contribution in [0.2, 0.25) is 0 Å². The number of pyridine rings is 1. The Hall–Kier alpha value is -3.06. The Balaban J connectivity index is 1.44. The molecule has 2 amide bonds. The van der Waals surface area contributed by atoms with Crippen molar-refractivity contribution in [3.8, 4) is 5.75 Å². The molecule has 1 aliphatic heterocycles. The summed E-state index contributed by atoms with van der Waals surface area (Å²) in [7, 11) is 0. The van der Waals surface area contributed by atoms with E-state index in [0.29, 0.717) is 35.2 Å². The number of anilines is 2. The van der Waals surface area contributed by atoms with E-state index < -0.39 is 0 Å². The maximum atomic E-state index is 12.6. The number of hydrogen-bond acceptors (Lipinski definition) is 4. The maximum absolute atomic E-state index is 12.6. The van der Waals surface area contributed by atoms with Crippen molar-refractivity contribution in [2.24, 2.45) is 5.41 Å². The van der Waals surface area contributed by atoms with Crippen molar-refractivity contribution < 1.29 is 9.53 Å². The van der Waals surface area contributed by atoms with E-state index in [-0.39, 0.29) is 6.03 Å². The molecule has 1 aliphatic rings. The highest BCUT2D eigenvalue weighted by Crippen LogP contribution is 2.34. The van der Waals surface area contributed by atoms with Crippen LogP contribution in [0.4, 0.5) is 16.3 Å². The lowest BCUT2D eigenvalue weighted by Crippen LogP contribution is -2.38. The number of para-hydroxylation sites is 2. The Morgan fingerprint density at radius 1 is 1.15 bits per heavy atom. The SMILES string of the molecule is CCOc1ccccc1NC(=O)Nc1ccc2[nH]cc(C3CCN(CC(C)(C)C)CC3)c2n1. The van der Waals surface area contributed by atoms with Crippen molar-refractivity contribution in [3.05, 3.63) is 48.2 Å². The molecule has 33 heavy (non-hydrogen) atoms. The van der Waals surface area contributed by atoms with E-state index in [4.69, 9.17) is 9.72 Å². The lowest BCUT2D eigenvalue weighted by atomic mass is 9.88. The average molecular weight is 450 g/mol. The van der Waals surface area contributed by atoms with Gasteiger partial charge in [0, 0.05) is 12.7 Å². The van der Waals surface area contributed by atoms with Gasteiger partial charge in [0.05, 0.1) is 23.3 Å². The van der Waals surface area contributed by atoms with Crippen molar-refractivity contribution >= 4 is 28.6 Å². The highest BCUT2D eigenvalue weighted by Gasteiger charge is 2.26. The monoisotopic (exact) mass is 449 g/mol. The number of carbonyl (C=O) groups is 1. The largest absolute Gasteiger partial charge is 0.492 e. The molecular formula is C26H35N5O2. The van der Waals surface area contributed by atoms with Crippen LogP contribution < -0.4 is 15.4 Å². The predicted molar refractivity (Wildman–Crippen MR) is 134 cm³/mol. The number of hydrogen-bond donors (Lipinski definition) is 3. The molecule has 4 rings (SSSR count). The molecule has 0 bridgehead atoms. The molecule has 3 N–H and O–H groups in total. The van der Waals surface area contributed by atoms with Gasteiger partial charge >= 0.3 is 6.03 Å². The highest BCUT2D eigenvalue weighted by atomic mass is 16.5. The molecule has 0 aliphatic carbocycles. The maximum Gasteiger partial charge on any atom is 0.324 e. The molecule has 0 atom stereocenters. The van der Waals surface area contributed by atoms with Gasteiger partial charge < -0.3 is 19.9 Å². The van der Waals surface area contributed by atoms with E-state index in [1.807, 2.05) is 43.3 Å². The van der Waals surface area contributed by atoms with Crippen LogP contribution in [0.25, 0.3) is 11.0 Å². The van der Waals surface area contributed by atoms with E-state index in [1.54, 1.807) is 0 Å². The number of aromatic nitrogens is 2. The standard InChI is InChI=1S/C26H35N5O2/c1-5-33-22-9-7-6-8-20(22)28-25(32)30-23-11-10-21-24(29-23)19(16-27-21)18-12-14-31(15-13-18)17-26(2,3)4/h6-11,16,18,27H,5,12-15,17H2,1-4H3,(H2,28,29,30,32). The van der Waals surface area contributed by atoms with Gasteiger partial charge in [0.2, 0.25) is 0 Å². The highest BCUT2D eigenvalue weighted by molar-refractivity contribution is 6.00. The first-order valence-corrected chi connectivity index (χ1v) is 11.8. The number of rotatable bonds is 6. The first-order chi connectivity index (χ1) is 15.8. The molecule has 3 heterocycles. The second-order valence-corrected chi connectivity index (χ2v) is 9.96. The quantitative estimate of drug-likeness (QED) is 0.442. The van der Waals surface area contributed by atoms with Crippen LogP contribution in [0.1, 0.15) is 52.0 Å². The summed E-state index contributed by atoms with van der Waals surface area (Å²) in [5.41, 5.74) is 4.12. The van der Waals surface area contributed by atoms with Gasteiger partial charge in [0.15, 0.2) is 0 Å². The number of fused-ring (bicyclic) bond motifs is 1. The molecule has 0 radical (unpaired) electrons. The van der Waals surface area contributed by atoms with E-state index in [1.165, 1.54) is 5.56 Å². The van der Waals surface area contributed by atoms with E-state index in [9.17, 15) is 4.79 Å². The van der Waals surface area contributed by atoms with Crippen molar-refractivity contribution in [1.82, 2.24) is 14.9 Å². The summed E-state index contributed by atoms with van der Waals surface area (Å²) in [5, 5.41) is 5.72. The minimum atomic E-state index is -0.346. The Bertz CT molecular complexity index is 1090. The first kappa shape index (κ1) is 23.1. The topological polar surface area (TPSA) is 82.3 Å². The zero-order valence-electron chi connectivity index (χ0n) is 20.1. The average Bonchev–Trinajstić information content (AvgIpc) is 3.18. The molecule has 1 aromatic carbocycles. The predicted octanol–water partition coefficient (Wildman–Crippen LogP) is 5.83. The van der Waals surface area contributed by atoms with Crippen molar-refractivity contribution in [3.63, 3.8) is 0 Å². The van der Waals surface area contributed by atoms with Crippen molar-refractivity contribution in [2.75, 3.05) is 36.9 Å². The zero-order valence-corrected chi connectivity index (χ0v) is 20.1. The van der Waals surface area contributed by atoms with Crippen LogP contribution >= 0.6 is 0 Å². The third-order valence-corrected chi connectivity index (χ3v) is 5.95. The Morgan fingerprint density at radius 2 is 1.91 bits per heavy atom. The lowest BCUT2D eigenvalue weighted by molar-refractivity contribution is 0.154. The molecule has 2 aromatic heterocycles. The van der Waals surface area contributed by atoms with Gasteiger partial charge in [-0.05, 0) is 74.0 Å². The minimum Gasteiger partial charge on any atom is -0.492 e. The fourth-order valence-electron chi connectivity index (χ4n) is 4.59. The number of benzene rings is 1. The summed E-state index contributed by atoms with van der Waals surface area (Å²) in [6.07, 6.45) is 4.33. The van der Waals surface area contributed by atoms with Crippen LogP contribution in [-0.2, 0) is 0 Å². The molecule has 0 unspecified atom stereocenters. The van der Waals surface area contributed by atoms with Gasteiger partial charge in [-0.1, -0.05) is 32.9 Å². The smallest absolute Gasteiger partial charge is 0.324 e. The second-order valence-electron chi connectivity index (χ2n) is 9.96. The van der Waals surface area contributed by atoms with Crippen LogP contribution in [0, 0.1) is 5.41 Å². The van der Waals surface area contributed by atoms with Gasteiger partial charge in [-0.25, -0.2) is 9.78 Å². The lowest BCUT2D eigenvalue weighted by Gasteiger charge is -2.35. The fourth-order valence-corrected chi connectivity index (χ4v) is 4.59. The van der Waals surface area contributed by atoms with Gasteiger partial charge in [0.25, 0.3) is 0 Å². The molecule has 1 fully saturated rings. The molecule has 1 saturated heterocycles. The van der Waals surface area contributed by atoms with E-state index in [2.05, 4.69) is 47.5 Å². The molecule has 7 nitrogen and oxygen atoms in total. The number of amides is 2.